The van der Waals surface area contributed by atoms with Gasteiger partial charge in [-0.3, -0.25) is 8.86 Å². The van der Waals surface area contributed by atoms with Crippen molar-refractivity contribution in [3.05, 3.63) is 42.0 Å². The predicted octanol–water partition coefficient (Wildman–Crippen LogP) is 3.46. The van der Waals surface area contributed by atoms with E-state index in [9.17, 15) is 18.7 Å². The van der Waals surface area contributed by atoms with Crippen molar-refractivity contribution in [3.8, 4) is 0 Å². The lowest BCUT2D eigenvalue weighted by Gasteiger charge is -2.37. The van der Waals surface area contributed by atoms with Crippen LogP contribution in [0.2, 0.25) is 0 Å². The van der Waals surface area contributed by atoms with Gasteiger partial charge in [0.25, 0.3) is 11.3 Å². The van der Waals surface area contributed by atoms with Crippen molar-refractivity contribution in [1.29, 1.82) is 0 Å². The lowest BCUT2D eigenvalue weighted by molar-refractivity contribution is 0.0976. The highest BCUT2D eigenvalue weighted by Gasteiger charge is 2.31. The topological polar surface area (TPSA) is 90.3 Å². The van der Waals surface area contributed by atoms with Crippen molar-refractivity contribution in [2.75, 3.05) is 24.0 Å². The lowest BCUT2D eigenvalue weighted by atomic mass is 9.98. The van der Waals surface area contributed by atoms with Crippen LogP contribution < -0.4 is 4.31 Å². The summed E-state index contributed by atoms with van der Waals surface area (Å²) in [6, 6.07) is 11.0. The van der Waals surface area contributed by atoms with Crippen LogP contribution in [-0.4, -0.2) is 50.6 Å². The molecule has 2 aromatic rings. The van der Waals surface area contributed by atoms with Gasteiger partial charge in [0.2, 0.25) is 0 Å². The van der Waals surface area contributed by atoms with Gasteiger partial charge < -0.3 is 14.7 Å². The van der Waals surface area contributed by atoms with Crippen LogP contribution in [-0.2, 0) is 16.0 Å². The molecule has 1 amide bonds. The number of fused-ring (bicyclic) bond motifs is 1. The van der Waals surface area contributed by atoms with Gasteiger partial charge in [0, 0.05) is 24.5 Å². The summed E-state index contributed by atoms with van der Waals surface area (Å²) < 4.78 is 28.9. The molecule has 1 saturated heterocycles. The molecule has 1 heterocycles. The summed E-state index contributed by atoms with van der Waals surface area (Å²) in [5.41, 5.74) is 1.43. The summed E-state index contributed by atoms with van der Waals surface area (Å²) in [5.74, 6) is 0. The molecule has 0 radical (unpaired) electrons. The maximum atomic E-state index is 12.3. The smallest absolute Gasteiger partial charge is 0.409 e. The van der Waals surface area contributed by atoms with Crippen molar-refractivity contribution in [2.24, 2.45) is 0 Å². The fraction of sp³-hybridized carbons (Fsp3) is 0.450. The van der Waals surface area contributed by atoms with E-state index in [1.807, 2.05) is 24.3 Å². The minimum absolute atomic E-state index is 0.183. The quantitative estimate of drug-likeness (QED) is 0.742. The van der Waals surface area contributed by atoms with Crippen LogP contribution in [0.1, 0.15) is 38.4 Å². The van der Waals surface area contributed by atoms with E-state index >= 15 is 0 Å². The molecule has 1 aliphatic rings. The first-order valence-corrected chi connectivity index (χ1v) is 10.5. The first-order chi connectivity index (χ1) is 13.4. The highest BCUT2D eigenvalue weighted by atomic mass is 32.2. The van der Waals surface area contributed by atoms with Gasteiger partial charge in [-0.2, -0.15) is 0 Å². The average Bonchev–Trinajstić information content (AvgIpc) is 2.68. The third-order valence-corrected chi connectivity index (χ3v) is 5.94. The second kappa shape index (κ2) is 8.89. The Morgan fingerprint density at radius 2 is 1.89 bits per heavy atom. The van der Waals surface area contributed by atoms with Crippen LogP contribution >= 0.6 is 0 Å². The van der Waals surface area contributed by atoms with Crippen LogP contribution in [0.25, 0.3) is 10.8 Å². The number of piperidine rings is 1. The maximum absolute atomic E-state index is 12.3. The molecule has 0 aromatic heterocycles. The van der Waals surface area contributed by atoms with Crippen LogP contribution in [0, 0.1) is 0 Å². The Balaban J connectivity index is 1.91. The third kappa shape index (κ3) is 4.14. The number of anilines is 1. The molecule has 1 fully saturated rings. The van der Waals surface area contributed by atoms with Crippen molar-refractivity contribution < 1.29 is 23.4 Å². The van der Waals surface area contributed by atoms with E-state index in [0.717, 1.165) is 16.3 Å². The second-order valence-electron chi connectivity index (χ2n) is 6.87. The van der Waals surface area contributed by atoms with Gasteiger partial charge in [0.15, 0.2) is 0 Å². The number of amides is 1. The maximum Gasteiger partial charge on any atom is 0.409 e. The summed E-state index contributed by atoms with van der Waals surface area (Å²) in [5, 5.41) is 11.7. The molecule has 0 saturated carbocycles. The van der Waals surface area contributed by atoms with Gasteiger partial charge in [0.1, 0.15) is 0 Å². The van der Waals surface area contributed by atoms with Gasteiger partial charge in [-0.25, -0.2) is 9.00 Å². The fourth-order valence-electron chi connectivity index (χ4n) is 3.77. The number of hydrogen-bond acceptors (Lipinski definition) is 4. The summed E-state index contributed by atoms with van der Waals surface area (Å²) in [4.78, 5) is 13.5. The molecule has 8 heteroatoms. The predicted molar refractivity (Wildman–Crippen MR) is 109 cm³/mol. The number of carbonyl (C=O) groups excluding carboxylic acids is 1. The van der Waals surface area contributed by atoms with E-state index in [4.69, 9.17) is 4.74 Å². The first kappa shape index (κ1) is 20.6. The Bertz CT molecular complexity index is 865. The minimum atomic E-state index is -2.21. The van der Waals surface area contributed by atoms with Crippen LogP contribution in [0.4, 0.5) is 10.5 Å². The number of likely N-dealkylation sites (tertiary alicyclic amines) is 1. The third-order valence-electron chi connectivity index (χ3n) is 5.11. The fourth-order valence-corrected chi connectivity index (χ4v) is 4.56. The number of ether oxygens (including phenoxy) is 1. The van der Waals surface area contributed by atoms with Crippen molar-refractivity contribution >= 4 is 33.8 Å². The highest BCUT2D eigenvalue weighted by molar-refractivity contribution is 7.80. The Morgan fingerprint density at radius 3 is 2.46 bits per heavy atom. The molecule has 2 N–H and O–H groups in total. The molecule has 3 rings (SSSR count). The molecular formula is C20H26N2O5S. The van der Waals surface area contributed by atoms with Crippen LogP contribution in [0.15, 0.2) is 36.4 Å². The Morgan fingerprint density at radius 1 is 1.25 bits per heavy atom. The van der Waals surface area contributed by atoms with Gasteiger partial charge in [0.05, 0.1) is 18.4 Å². The number of rotatable bonds is 5. The SMILES string of the molecule is CCOC(=O)N1CCC(N(c2ccc(C(C)O)c3ccccc23)S(=O)O)CC1. The van der Waals surface area contributed by atoms with Crippen molar-refractivity contribution in [2.45, 2.75) is 38.8 Å². The van der Waals surface area contributed by atoms with E-state index in [-0.39, 0.29) is 12.1 Å². The molecule has 152 valence electrons. The zero-order chi connectivity index (χ0) is 20.3. The Hall–Kier alpha value is -2.16. The first-order valence-electron chi connectivity index (χ1n) is 9.45. The largest absolute Gasteiger partial charge is 0.450 e. The molecule has 2 atom stereocenters. The number of carbonyl (C=O) groups is 1. The number of nitrogens with zero attached hydrogens (tertiary/aromatic N) is 2. The van der Waals surface area contributed by atoms with Gasteiger partial charge >= 0.3 is 6.09 Å². The van der Waals surface area contributed by atoms with E-state index < -0.39 is 17.4 Å². The summed E-state index contributed by atoms with van der Waals surface area (Å²) in [7, 11) is 0. The molecule has 0 aliphatic carbocycles. The summed E-state index contributed by atoms with van der Waals surface area (Å²) in [6.07, 6.45) is 0.152. The zero-order valence-corrected chi connectivity index (χ0v) is 16.9. The van der Waals surface area contributed by atoms with Gasteiger partial charge in [-0.15, -0.1) is 0 Å². The van der Waals surface area contributed by atoms with Crippen LogP contribution in [0.5, 0.6) is 0 Å². The summed E-state index contributed by atoms with van der Waals surface area (Å²) >= 11 is -2.21. The monoisotopic (exact) mass is 406 g/mol. The molecule has 2 aromatic carbocycles. The van der Waals surface area contributed by atoms with E-state index in [2.05, 4.69) is 0 Å². The molecule has 2 unspecified atom stereocenters. The van der Waals surface area contributed by atoms with Gasteiger partial charge in [-0.05, 0) is 43.7 Å². The highest BCUT2D eigenvalue weighted by Crippen LogP contribution is 2.35. The van der Waals surface area contributed by atoms with Gasteiger partial charge in [-0.1, -0.05) is 30.3 Å². The minimum Gasteiger partial charge on any atom is -0.450 e. The van der Waals surface area contributed by atoms with E-state index in [1.54, 1.807) is 30.9 Å². The van der Waals surface area contributed by atoms with E-state index in [1.165, 1.54) is 4.31 Å². The number of aliphatic hydroxyl groups excluding tert-OH is 1. The Labute approximate surface area is 167 Å². The molecular weight excluding hydrogens is 380 g/mol. The lowest BCUT2D eigenvalue weighted by Crippen LogP contribution is -2.47. The molecule has 0 bridgehead atoms. The second-order valence-corrected chi connectivity index (χ2v) is 7.72. The standard InChI is InChI=1S/C20H26N2O5S/c1-3-27-20(24)21-12-10-15(11-13-21)22(28(25)26)19-9-8-16(14(2)23)17-6-4-5-7-18(17)19/h4-9,14-15,23H,3,10-13H2,1-2H3,(H,25,26). The van der Waals surface area contributed by atoms with Crippen molar-refractivity contribution in [3.63, 3.8) is 0 Å². The molecule has 0 spiro atoms. The number of benzene rings is 2. The van der Waals surface area contributed by atoms with Crippen LogP contribution in [0.3, 0.4) is 0 Å². The van der Waals surface area contributed by atoms with Crippen molar-refractivity contribution in [1.82, 2.24) is 4.90 Å². The summed E-state index contributed by atoms with van der Waals surface area (Å²) in [6.45, 7) is 4.74. The molecule has 1 aliphatic heterocycles. The normalized spacial score (nSPS) is 17.4. The number of hydrogen-bond donors (Lipinski definition) is 2. The Kier molecular flexibility index (Phi) is 6.53. The number of aliphatic hydroxyl groups is 1. The average molecular weight is 407 g/mol. The zero-order valence-electron chi connectivity index (χ0n) is 16.1. The molecule has 7 nitrogen and oxygen atoms in total. The molecule has 28 heavy (non-hydrogen) atoms. The van der Waals surface area contributed by atoms with E-state index in [0.29, 0.717) is 38.2 Å².